The fraction of sp³-hybridized carbons (Fsp3) is 0. The Morgan fingerprint density at radius 3 is 1.84 bits per heavy atom. The zero-order valence-corrected chi connectivity index (χ0v) is 33.2. The first kappa shape index (κ1) is 34.9. The normalized spacial score (nSPS) is 11.6. The molecule has 0 fully saturated rings. The molecule has 0 radical (unpaired) electrons. The molecule has 10 aromatic carbocycles. The van der Waals surface area contributed by atoms with Gasteiger partial charge in [-0.3, -0.25) is 0 Å². The zero-order valence-electron chi connectivity index (χ0n) is 33.2. The molecule has 0 aliphatic heterocycles. The average Bonchev–Trinajstić information content (AvgIpc) is 3.89. The van der Waals surface area contributed by atoms with Gasteiger partial charge in [-0.05, 0) is 105 Å². The molecule has 286 valence electrons. The number of aromatic nitrogens is 1. The molecule has 2 aromatic heterocycles. The maximum atomic E-state index is 6.81. The lowest BCUT2D eigenvalue weighted by atomic mass is 9.97. The maximum absolute atomic E-state index is 6.81. The van der Waals surface area contributed by atoms with Crippen LogP contribution >= 0.6 is 0 Å². The van der Waals surface area contributed by atoms with E-state index < -0.39 is 0 Å². The predicted molar refractivity (Wildman–Crippen MR) is 257 cm³/mol. The van der Waals surface area contributed by atoms with Crippen LogP contribution in [0.15, 0.2) is 235 Å². The number of rotatable bonds is 7. The van der Waals surface area contributed by atoms with E-state index in [0.717, 1.165) is 61.4 Å². The summed E-state index contributed by atoms with van der Waals surface area (Å²) in [5.41, 5.74) is 15.3. The van der Waals surface area contributed by atoms with Gasteiger partial charge in [-0.15, -0.1) is 0 Å². The molecule has 3 nitrogen and oxygen atoms in total. The highest BCUT2D eigenvalue weighted by atomic mass is 16.3. The molecular weight excluding hydrogens is 741 g/mol. The molecule has 12 aromatic rings. The molecule has 61 heavy (non-hydrogen) atoms. The highest BCUT2D eigenvalue weighted by molar-refractivity contribution is 6.18. The van der Waals surface area contributed by atoms with E-state index in [1.165, 1.54) is 49.3 Å². The maximum Gasteiger partial charge on any atom is 0.145 e. The topological polar surface area (TPSA) is 21.3 Å². The minimum absolute atomic E-state index is 0.864. The van der Waals surface area contributed by atoms with Crippen LogP contribution in [-0.2, 0) is 0 Å². The fourth-order valence-electron chi connectivity index (χ4n) is 9.46. The third-order valence-electron chi connectivity index (χ3n) is 12.2. The van der Waals surface area contributed by atoms with Gasteiger partial charge < -0.3 is 13.9 Å². The molecule has 0 saturated heterocycles. The van der Waals surface area contributed by atoms with E-state index in [1.54, 1.807) is 0 Å². The van der Waals surface area contributed by atoms with Crippen LogP contribution < -0.4 is 4.90 Å². The van der Waals surface area contributed by atoms with Crippen LogP contribution in [0.3, 0.4) is 0 Å². The Bertz CT molecular complexity index is 3580. The third kappa shape index (κ3) is 5.74. The van der Waals surface area contributed by atoms with Crippen molar-refractivity contribution in [2.75, 3.05) is 4.90 Å². The van der Waals surface area contributed by atoms with Crippen molar-refractivity contribution in [3.63, 3.8) is 0 Å². The Morgan fingerprint density at radius 2 is 0.984 bits per heavy atom. The van der Waals surface area contributed by atoms with E-state index in [-0.39, 0.29) is 0 Å². The van der Waals surface area contributed by atoms with Crippen molar-refractivity contribution in [1.29, 1.82) is 0 Å². The summed E-state index contributed by atoms with van der Waals surface area (Å²) in [5.74, 6) is 0. The fourth-order valence-corrected chi connectivity index (χ4v) is 9.46. The van der Waals surface area contributed by atoms with Gasteiger partial charge in [0.1, 0.15) is 11.2 Å². The first-order valence-corrected chi connectivity index (χ1v) is 20.8. The lowest BCUT2D eigenvalue weighted by molar-refractivity contribution is 0.670. The van der Waals surface area contributed by atoms with Crippen LogP contribution in [0.2, 0.25) is 0 Å². The lowest BCUT2D eigenvalue weighted by Gasteiger charge is -2.27. The van der Waals surface area contributed by atoms with Crippen molar-refractivity contribution in [2.24, 2.45) is 0 Å². The summed E-state index contributed by atoms with van der Waals surface area (Å²) in [6.45, 7) is 0. The number of hydrogen-bond donors (Lipinski definition) is 0. The minimum atomic E-state index is 0.864. The van der Waals surface area contributed by atoms with Gasteiger partial charge in [0.25, 0.3) is 0 Å². The molecule has 0 N–H and O–H groups in total. The second kappa shape index (κ2) is 14.3. The van der Waals surface area contributed by atoms with Crippen molar-refractivity contribution in [3.05, 3.63) is 231 Å². The number of anilines is 3. The number of para-hydroxylation sites is 3. The molecule has 0 aliphatic rings. The number of benzene rings is 10. The number of furan rings is 1. The first-order valence-electron chi connectivity index (χ1n) is 20.8. The summed E-state index contributed by atoms with van der Waals surface area (Å²) < 4.78 is 9.20. The molecule has 0 amide bonds. The highest BCUT2D eigenvalue weighted by Gasteiger charge is 2.23. The van der Waals surface area contributed by atoms with E-state index in [4.69, 9.17) is 4.42 Å². The van der Waals surface area contributed by atoms with Crippen molar-refractivity contribution in [2.45, 2.75) is 0 Å². The van der Waals surface area contributed by atoms with Crippen LogP contribution in [0.5, 0.6) is 0 Å². The molecule has 2 heterocycles. The highest BCUT2D eigenvalue weighted by Crippen LogP contribution is 2.47. The summed E-state index contributed by atoms with van der Waals surface area (Å²) in [6, 6.07) is 82.8. The van der Waals surface area contributed by atoms with Gasteiger partial charge in [-0.25, -0.2) is 0 Å². The molecule has 0 spiro atoms. The summed E-state index contributed by atoms with van der Waals surface area (Å²) >= 11 is 0. The van der Waals surface area contributed by atoms with Crippen LogP contribution in [0.4, 0.5) is 17.1 Å². The molecule has 0 atom stereocenters. The Morgan fingerprint density at radius 1 is 0.361 bits per heavy atom. The van der Waals surface area contributed by atoms with E-state index in [2.05, 4.69) is 240 Å². The van der Waals surface area contributed by atoms with E-state index in [1.807, 2.05) is 0 Å². The summed E-state index contributed by atoms with van der Waals surface area (Å²) in [7, 11) is 0. The number of hydrogen-bond acceptors (Lipinski definition) is 2. The first-order chi connectivity index (χ1) is 30.3. The summed E-state index contributed by atoms with van der Waals surface area (Å²) in [6.07, 6.45) is 0. The van der Waals surface area contributed by atoms with E-state index in [0.29, 0.717) is 0 Å². The zero-order chi connectivity index (χ0) is 40.3. The molecular formula is C58H38N2O. The third-order valence-corrected chi connectivity index (χ3v) is 12.2. The van der Waals surface area contributed by atoms with Crippen molar-refractivity contribution in [1.82, 2.24) is 4.57 Å². The molecule has 0 saturated carbocycles. The Kier molecular flexibility index (Phi) is 8.17. The Labute approximate surface area is 353 Å². The minimum Gasteiger partial charge on any atom is -0.455 e. The standard InChI is InChI=1S/C58H38N2O/c1-3-16-40(17-4-1)49-36-37-54(57-51-26-10-12-31-55(51)61-58(49)57)59(44-34-32-41(33-35-44)47-27-14-19-39-18-7-8-24-46(39)47)45-23-13-20-42(38-45)48-28-15-30-53-56(48)50-25-9-11-29-52(50)60(53)43-21-5-2-6-22-43/h1-38H. The van der Waals surface area contributed by atoms with Gasteiger partial charge in [0.05, 0.1) is 22.1 Å². The van der Waals surface area contributed by atoms with Gasteiger partial charge in [0.2, 0.25) is 0 Å². The van der Waals surface area contributed by atoms with Crippen LogP contribution in [0, 0.1) is 0 Å². The molecule has 0 unspecified atom stereocenters. The van der Waals surface area contributed by atoms with Crippen molar-refractivity contribution >= 4 is 71.6 Å². The summed E-state index contributed by atoms with van der Waals surface area (Å²) in [4.78, 5) is 2.41. The van der Waals surface area contributed by atoms with Gasteiger partial charge in [-0.2, -0.15) is 0 Å². The van der Waals surface area contributed by atoms with E-state index >= 15 is 0 Å². The SMILES string of the molecule is c1ccc(-c2ccc(N(c3ccc(-c4cccc5ccccc45)cc3)c3cccc(-c4cccc5c4c4ccccc4n5-c4ccccc4)c3)c3c2oc2ccccc23)cc1. The second-order valence-corrected chi connectivity index (χ2v) is 15.6. The predicted octanol–water partition coefficient (Wildman–Crippen LogP) is 16.3. The molecule has 0 aliphatic carbocycles. The quantitative estimate of drug-likeness (QED) is 0.161. The van der Waals surface area contributed by atoms with Crippen LogP contribution in [0.1, 0.15) is 0 Å². The van der Waals surface area contributed by atoms with Crippen molar-refractivity contribution in [3.8, 4) is 39.1 Å². The Hall–Kier alpha value is -8.14. The lowest BCUT2D eigenvalue weighted by Crippen LogP contribution is -2.10. The smallest absolute Gasteiger partial charge is 0.145 e. The van der Waals surface area contributed by atoms with Gasteiger partial charge in [0, 0.05) is 38.8 Å². The Balaban J connectivity index is 1.09. The largest absolute Gasteiger partial charge is 0.455 e. The average molecular weight is 779 g/mol. The van der Waals surface area contributed by atoms with Gasteiger partial charge >= 0.3 is 0 Å². The summed E-state index contributed by atoms with van der Waals surface area (Å²) in [5, 5.41) is 7.10. The number of nitrogens with zero attached hydrogens (tertiary/aromatic N) is 2. The van der Waals surface area contributed by atoms with E-state index in [9.17, 15) is 0 Å². The van der Waals surface area contributed by atoms with Gasteiger partial charge in [-0.1, -0.05) is 164 Å². The van der Waals surface area contributed by atoms with Crippen LogP contribution in [0.25, 0.3) is 93.6 Å². The number of fused-ring (bicyclic) bond motifs is 7. The molecule has 0 bridgehead atoms. The molecule has 12 rings (SSSR count). The van der Waals surface area contributed by atoms with Crippen molar-refractivity contribution < 1.29 is 4.42 Å². The monoisotopic (exact) mass is 778 g/mol. The second-order valence-electron chi connectivity index (χ2n) is 15.6. The molecule has 3 heteroatoms. The van der Waals surface area contributed by atoms with Crippen LogP contribution in [-0.4, -0.2) is 4.57 Å². The van der Waals surface area contributed by atoms with Gasteiger partial charge in [0.15, 0.2) is 0 Å².